The number of fused-ring (bicyclic) bond motifs is 2. The second kappa shape index (κ2) is 17.8. The van der Waals surface area contributed by atoms with E-state index in [0.717, 1.165) is 33.2 Å². The van der Waals surface area contributed by atoms with Gasteiger partial charge in [-0.1, -0.05) is 91.0 Å². The summed E-state index contributed by atoms with van der Waals surface area (Å²) >= 11 is 0. The van der Waals surface area contributed by atoms with Gasteiger partial charge in [-0.2, -0.15) is 0 Å². The summed E-state index contributed by atoms with van der Waals surface area (Å²) in [4.78, 5) is 34.5. The molecule has 0 aliphatic rings. The van der Waals surface area contributed by atoms with Crippen LogP contribution in [-0.2, 0) is 16.5 Å². The van der Waals surface area contributed by atoms with E-state index < -0.39 is 7.92 Å². The number of ether oxygens (including phenoxy) is 2. The Kier molecular flexibility index (Phi) is 12.2. The zero-order chi connectivity index (χ0) is 37.0. The fourth-order valence-electron chi connectivity index (χ4n) is 5.68. The second-order valence-electron chi connectivity index (χ2n) is 11.7. The number of rotatable bonds is 8. The van der Waals surface area contributed by atoms with E-state index in [-0.39, 0.29) is 11.9 Å². The minimum Gasteiger partial charge on any atom is -0.472 e. The number of nitrogens with zero attached hydrogens (tertiary/aromatic N) is 3. The Morgan fingerprint density at radius 1 is 0.736 bits per heavy atom. The third-order valence-corrected chi connectivity index (χ3v) is 10.6. The van der Waals surface area contributed by atoms with Gasteiger partial charge in [0.05, 0.1) is 36.9 Å². The Labute approximate surface area is 309 Å². The van der Waals surface area contributed by atoms with Crippen LogP contribution in [0.1, 0.15) is 34.6 Å². The first kappa shape index (κ1) is 36.5. The van der Waals surface area contributed by atoms with E-state index in [0.29, 0.717) is 24.3 Å². The van der Waals surface area contributed by atoms with Gasteiger partial charge in [0.25, 0.3) is 0 Å². The van der Waals surface area contributed by atoms with E-state index in [1.54, 1.807) is 44.8 Å². The largest absolute Gasteiger partial charge is 0.472 e. The molecule has 0 spiro atoms. The highest BCUT2D eigenvalue weighted by molar-refractivity contribution is 7.79. The Balaban J connectivity index is 0.000000138. The predicted octanol–water partition coefficient (Wildman–Crippen LogP) is 8.19. The third-order valence-electron chi connectivity index (χ3n) is 8.11. The van der Waals surface area contributed by atoms with Gasteiger partial charge in [0.2, 0.25) is 0 Å². The van der Waals surface area contributed by atoms with Crippen LogP contribution in [0.3, 0.4) is 0 Å². The number of benzene rings is 3. The quantitative estimate of drug-likeness (QED) is 0.124. The Morgan fingerprint density at radius 2 is 1.28 bits per heavy atom. The van der Waals surface area contributed by atoms with Crippen LogP contribution in [-0.4, -0.2) is 44.7 Å². The molecule has 0 atom stereocenters. The smallest absolute Gasteiger partial charge is 0.339 e. The zero-order valence-corrected chi connectivity index (χ0v) is 30.6. The van der Waals surface area contributed by atoms with Gasteiger partial charge < -0.3 is 23.4 Å². The fourth-order valence-corrected chi connectivity index (χ4v) is 7.98. The number of carbonyl (C=O) groups is 2. The molecule has 266 valence electrons. The minimum atomic E-state index is -0.446. The van der Waals surface area contributed by atoms with Gasteiger partial charge in [-0.15, -0.1) is 0 Å². The molecule has 5 heterocycles. The SMILES string of the molecule is CCOC(=O)c1cnc2[nH]ccc2c1.CCOC(=O)c1cnc2c(c1)c(-c1ccoc1)cn2C.c1ccc(P(c2ccccc2)c2ccccc2)cc1. The number of aromatic amines is 1. The number of aromatic nitrogens is 4. The molecular formula is C43H39N4O5P. The number of nitrogens with one attached hydrogen (secondary N) is 1. The number of furan rings is 1. The highest BCUT2D eigenvalue weighted by Crippen LogP contribution is 2.32. The molecule has 0 saturated carbocycles. The summed E-state index contributed by atoms with van der Waals surface area (Å²) in [5.41, 5.74) is 4.47. The predicted molar refractivity (Wildman–Crippen MR) is 212 cm³/mol. The summed E-state index contributed by atoms with van der Waals surface area (Å²) in [5, 5.41) is 6.01. The van der Waals surface area contributed by atoms with Crippen molar-refractivity contribution in [2.24, 2.45) is 7.05 Å². The molecule has 8 rings (SSSR count). The van der Waals surface area contributed by atoms with Crippen molar-refractivity contribution in [2.75, 3.05) is 13.2 Å². The fraction of sp³-hybridized carbons (Fsp3) is 0.116. The molecule has 0 amide bonds. The Bertz CT molecular complexity index is 2280. The van der Waals surface area contributed by atoms with Crippen molar-refractivity contribution >= 4 is 57.8 Å². The molecule has 3 aromatic carbocycles. The van der Waals surface area contributed by atoms with Crippen LogP contribution >= 0.6 is 7.92 Å². The van der Waals surface area contributed by atoms with Crippen LogP contribution in [0, 0.1) is 0 Å². The molecule has 0 unspecified atom stereocenters. The molecule has 0 saturated heterocycles. The number of hydrogen-bond donors (Lipinski definition) is 1. The van der Waals surface area contributed by atoms with E-state index in [4.69, 9.17) is 13.9 Å². The summed E-state index contributed by atoms with van der Waals surface area (Å²) in [6, 6.07) is 39.6. The van der Waals surface area contributed by atoms with Gasteiger partial charge in [0, 0.05) is 53.7 Å². The van der Waals surface area contributed by atoms with E-state index in [9.17, 15) is 9.59 Å². The molecule has 53 heavy (non-hydrogen) atoms. The van der Waals surface area contributed by atoms with Crippen LogP contribution in [0.25, 0.3) is 33.2 Å². The first-order valence-electron chi connectivity index (χ1n) is 17.2. The summed E-state index contributed by atoms with van der Waals surface area (Å²) in [6.45, 7) is 4.29. The summed E-state index contributed by atoms with van der Waals surface area (Å²) in [6.07, 6.45) is 10.1. The molecule has 8 aromatic rings. The number of aryl methyl sites for hydroxylation is 1. The standard InChI is InChI=1S/C18H15P.C15H14N2O3.C10H10N2O2/c1-4-10-16(11-5-1)19(17-12-6-2-7-13-17)18-14-8-3-9-15-18;1-3-20-15(18)11-6-12-13(10-4-5-19-9-10)8-17(2)14(12)16-7-11;1-2-14-10(13)8-5-7-3-4-11-9(7)12-6-8/h1-15H;4-9H,3H2,1-2H3;3-6H,2H2,1H3,(H,11,12). The van der Waals surface area contributed by atoms with Gasteiger partial charge in [-0.05, 0) is 61.9 Å². The molecule has 0 radical (unpaired) electrons. The maximum absolute atomic E-state index is 11.8. The van der Waals surface area contributed by atoms with Gasteiger partial charge in [0.1, 0.15) is 11.3 Å². The normalized spacial score (nSPS) is 10.6. The maximum Gasteiger partial charge on any atom is 0.339 e. The van der Waals surface area contributed by atoms with Crippen LogP contribution in [0.5, 0.6) is 0 Å². The molecule has 0 bridgehead atoms. The van der Waals surface area contributed by atoms with E-state index in [1.807, 2.05) is 36.0 Å². The van der Waals surface area contributed by atoms with Crippen LogP contribution in [0.2, 0.25) is 0 Å². The van der Waals surface area contributed by atoms with Crippen LogP contribution < -0.4 is 15.9 Å². The molecule has 0 aliphatic heterocycles. The first-order valence-corrected chi connectivity index (χ1v) is 18.5. The second-order valence-corrected chi connectivity index (χ2v) is 13.9. The van der Waals surface area contributed by atoms with Crippen molar-refractivity contribution in [3.63, 3.8) is 0 Å². The van der Waals surface area contributed by atoms with Gasteiger partial charge >= 0.3 is 11.9 Å². The summed E-state index contributed by atoms with van der Waals surface area (Å²) in [7, 11) is 1.47. The highest BCUT2D eigenvalue weighted by atomic mass is 31.1. The molecule has 0 fully saturated rings. The van der Waals surface area contributed by atoms with E-state index >= 15 is 0 Å². The van der Waals surface area contributed by atoms with Crippen molar-refractivity contribution in [1.29, 1.82) is 0 Å². The third kappa shape index (κ3) is 8.95. The van der Waals surface area contributed by atoms with E-state index in [1.165, 1.54) is 22.1 Å². The molecule has 0 aliphatic carbocycles. The van der Waals surface area contributed by atoms with Crippen molar-refractivity contribution in [3.8, 4) is 11.1 Å². The highest BCUT2D eigenvalue weighted by Gasteiger charge is 2.16. The molecule has 10 heteroatoms. The number of carbonyl (C=O) groups excluding carboxylic acids is 2. The minimum absolute atomic E-state index is 0.330. The zero-order valence-electron chi connectivity index (χ0n) is 29.7. The average molecular weight is 723 g/mol. The lowest BCUT2D eigenvalue weighted by Gasteiger charge is -2.18. The Hall–Kier alpha value is -6.31. The van der Waals surface area contributed by atoms with Crippen molar-refractivity contribution in [2.45, 2.75) is 13.8 Å². The number of hydrogen-bond acceptors (Lipinski definition) is 7. The lowest BCUT2D eigenvalue weighted by Crippen LogP contribution is -2.20. The first-order chi connectivity index (χ1) is 26.0. The molecular weight excluding hydrogens is 683 g/mol. The summed E-state index contributed by atoms with van der Waals surface area (Å²) in [5.74, 6) is -0.688. The van der Waals surface area contributed by atoms with E-state index in [2.05, 4.69) is 106 Å². The molecule has 1 N–H and O–H groups in total. The van der Waals surface area contributed by atoms with Gasteiger partial charge in [0.15, 0.2) is 0 Å². The lowest BCUT2D eigenvalue weighted by atomic mass is 10.1. The number of pyridine rings is 2. The van der Waals surface area contributed by atoms with Crippen molar-refractivity contribution < 1.29 is 23.5 Å². The van der Waals surface area contributed by atoms with Gasteiger partial charge in [-0.3, -0.25) is 0 Å². The Morgan fingerprint density at radius 3 is 1.81 bits per heavy atom. The lowest BCUT2D eigenvalue weighted by molar-refractivity contribution is 0.0516. The monoisotopic (exact) mass is 722 g/mol. The average Bonchev–Trinajstić information content (AvgIpc) is 3.98. The van der Waals surface area contributed by atoms with Crippen molar-refractivity contribution in [3.05, 3.63) is 164 Å². The molecule has 5 aromatic heterocycles. The maximum atomic E-state index is 11.8. The topological polar surface area (TPSA) is 112 Å². The number of esters is 2. The van der Waals surface area contributed by atoms with Crippen LogP contribution in [0.15, 0.2) is 157 Å². The number of H-pyrrole nitrogens is 1. The van der Waals surface area contributed by atoms with Crippen molar-refractivity contribution in [1.82, 2.24) is 19.5 Å². The summed E-state index contributed by atoms with van der Waals surface area (Å²) < 4.78 is 16.9. The molecule has 9 nitrogen and oxygen atoms in total. The van der Waals surface area contributed by atoms with Crippen LogP contribution in [0.4, 0.5) is 0 Å². The van der Waals surface area contributed by atoms with Gasteiger partial charge in [-0.25, -0.2) is 19.6 Å².